The molecule has 5 rings (SSSR count). The molecule has 0 radical (unpaired) electrons. The fraction of sp³-hybridized carbons (Fsp3) is 0.280. The molecular formula is C25H25FN4O. The van der Waals surface area contributed by atoms with Crippen molar-refractivity contribution in [3.63, 3.8) is 0 Å². The molecule has 0 aliphatic carbocycles. The average Bonchev–Trinajstić information content (AvgIpc) is 3.39. The molecule has 0 N–H and O–H groups in total. The van der Waals surface area contributed by atoms with Crippen molar-refractivity contribution < 1.29 is 9.13 Å². The Morgan fingerprint density at radius 3 is 2.58 bits per heavy atom. The summed E-state index contributed by atoms with van der Waals surface area (Å²) in [6.07, 6.45) is 7.02. The fourth-order valence-corrected chi connectivity index (χ4v) is 4.41. The van der Waals surface area contributed by atoms with Crippen LogP contribution >= 0.6 is 0 Å². The number of ether oxygens (including phenoxy) is 1. The molecule has 1 aromatic carbocycles. The predicted molar refractivity (Wildman–Crippen MR) is 120 cm³/mol. The number of benzene rings is 1. The van der Waals surface area contributed by atoms with E-state index in [4.69, 9.17) is 9.84 Å². The number of pyridine rings is 2. The van der Waals surface area contributed by atoms with Crippen molar-refractivity contribution in [3.8, 4) is 28.3 Å². The van der Waals surface area contributed by atoms with Gasteiger partial charge in [0.2, 0.25) is 5.88 Å². The minimum Gasteiger partial charge on any atom is -0.478 e. The van der Waals surface area contributed by atoms with E-state index in [1.807, 2.05) is 34.8 Å². The van der Waals surface area contributed by atoms with Gasteiger partial charge in [-0.15, -0.1) is 0 Å². The maximum Gasteiger partial charge on any atom is 0.214 e. The van der Waals surface area contributed by atoms with Crippen LogP contribution in [0.3, 0.4) is 0 Å². The Hall–Kier alpha value is -3.25. The highest BCUT2D eigenvalue weighted by Crippen LogP contribution is 2.36. The summed E-state index contributed by atoms with van der Waals surface area (Å²) in [7, 11) is 2.18. The second-order valence-corrected chi connectivity index (χ2v) is 8.04. The first-order chi connectivity index (χ1) is 15.2. The smallest absolute Gasteiger partial charge is 0.214 e. The van der Waals surface area contributed by atoms with Gasteiger partial charge in [-0.1, -0.05) is 6.07 Å². The highest BCUT2D eigenvalue weighted by Gasteiger charge is 2.21. The molecule has 0 bridgehead atoms. The SMILES string of the molecule is CN1CCCC1CCOc1cccc2c(-c3ccncc3)c(-c3ccc(F)cc3)nn12. The third-order valence-corrected chi connectivity index (χ3v) is 6.08. The van der Waals surface area contributed by atoms with Gasteiger partial charge in [0.15, 0.2) is 0 Å². The molecule has 1 aliphatic rings. The van der Waals surface area contributed by atoms with Crippen LogP contribution in [0.4, 0.5) is 4.39 Å². The van der Waals surface area contributed by atoms with Crippen LogP contribution in [-0.4, -0.2) is 45.7 Å². The van der Waals surface area contributed by atoms with E-state index < -0.39 is 0 Å². The van der Waals surface area contributed by atoms with Crippen molar-refractivity contribution in [2.75, 3.05) is 20.2 Å². The van der Waals surface area contributed by atoms with Crippen LogP contribution in [0, 0.1) is 5.82 Å². The molecule has 1 fully saturated rings. The van der Waals surface area contributed by atoms with Gasteiger partial charge in [-0.3, -0.25) is 4.98 Å². The van der Waals surface area contributed by atoms with Crippen molar-refractivity contribution >= 4 is 5.52 Å². The van der Waals surface area contributed by atoms with Gasteiger partial charge in [0.05, 0.1) is 12.1 Å². The van der Waals surface area contributed by atoms with E-state index in [0.29, 0.717) is 18.5 Å². The van der Waals surface area contributed by atoms with Gasteiger partial charge in [0.25, 0.3) is 0 Å². The highest BCUT2D eigenvalue weighted by molar-refractivity contribution is 5.92. The second-order valence-electron chi connectivity index (χ2n) is 8.04. The molecule has 1 aliphatic heterocycles. The molecule has 0 spiro atoms. The van der Waals surface area contributed by atoms with Gasteiger partial charge in [0.1, 0.15) is 11.5 Å². The Morgan fingerprint density at radius 1 is 1.03 bits per heavy atom. The number of hydrogen-bond donors (Lipinski definition) is 0. The number of nitrogens with zero attached hydrogens (tertiary/aromatic N) is 4. The van der Waals surface area contributed by atoms with Crippen LogP contribution < -0.4 is 4.74 Å². The molecule has 158 valence electrons. The van der Waals surface area contributed by atoms with E-state index in [0.717, 1.165) is 40.9 Å². The Morgan fingerprint density at radius 2 is 1.84 bits per heavy atom. The lowest BCUT2D eigenvalue weighted by Crippen LogP contribution is -2.26. The number of rotatable bonds is 6. The zero-order valence-corrected chi connectivity index (χ0v) is 17.5. The molecule has 31 heavy (non-hydrogen) atoms. The Bertz CT molecular complexity index is 1170. The Kier molecular flexibility index (Phi) is 5.38. The number of hydrogen-bond acceptors (Lipinski definition) is 4. The lowest BCUT2D eigenvalue weighted by Gasteiger charge is -2.19. The first-order valence-electron chi connectivity index (χ1n) is 10.7. The molecule has 0 saturated carbocycles. The highest BCUT2D eigenvalue weighted by atomic mass is 19.1. The van der Waals surface area contributed by atoms with Crippen LogP contribution in [0.5, 0.6) is 5.88 Å². The van der Waals surface area contributed by atoms with Crippen LogP contribution in [0.15, 0.2) is 67.0 Å². The zero-order valence-electron chi connectivity index (χ0n) is 17.5. The fourth-order valence-electron chi connectivity index (χ4n) is 4.41. The third kappa shape index (κ3) is 3.91. The predicted octanol–water partition coefficient (Wildman–Crippen LogP) is 5.07. The molecule has 0 amide bonds. The summed E-state index contributed by atoms with van der Waals surface area (Å²) in [5.74, 6) is 0.445. The summed E-state index contributed by atoms with van der Waals surface area (Å²) in [4.78, 5) is 6.55. The van der Waals surface area contributed by atoms with Crippen molar-refractivity contribution in [1.82, 2.24) is 19.5 Å². The van der Waals surface area contributed by atoms with Gasteiger partial charge in [-0.2, -0.15) is 9.61 Å². The molecule has 6 heteroatoms. The van der Waals surface area contributed by atoms with Gasteiger partial charge in [-0.05, 0) is 80.9 Å². The van der Waals surface area contributed by atoms with Crippen molar-refractivity contribution in [3.05, 3.63) is 72.8 Å². The lowest BCUT2D eigenvalue weighted by molar-refractivity contribution is 0.225. The standard InChI is InChI=1S/C25H25FN4O/c1-29-16-3-4-21(29)13-17-31-23-6-2-5-22-24(18-11-14-27-15-12-18)25(28-30(22)23)19-7-9-20(26)10-8-19/h2,5-12,14-15,21H,3-4,13,16-17H2,1H3. The minimum atomic E-state index is -0.265. The number of likely N-dealkylation sites (tertiary alicyclic amines) is 1. The first-order valence-corrected chi connectivity index (χ1v) is 10.7. The van der Waals surface area contributed by atoms with Crippen LogP contribution in [0.2, 0.25) is 0 Å². The van der Waals surface area contributed by atoms with Crippen LogP contribution in [-0.2, 0) is 0 Å². The zero-order chi connectivity index (χ0) is 21.2. The summed E-state index contributed by atoms with van der Waals surface area (Å²) in [5, 5.41) is 4.89. The summed E-state index contributed by atoms with van der Waals surface area (Å²) >= 11 is 0. The van der Waals surface area contributed by atoms with E-state index in [1.165, 1.54) is 25.0 Å². The topological polar surface area (TPSA) is 42.7 Å². The number of fused-ring (bicyclic) bond motifs is 1. The van der Waals surface area contributed by atoms with E-state index >= 15 is 0 Å². The summed E-state index contributed by atoms with van der Waals surface area (Å²) in [6.45, 7) is 1.81. The van der Waals surface area contributed by atoms with Gasteiger partial charge >= 0.3 is 0 Å². The molecule has 1 saturated heterocycles. The average molecular weight is 417 g/mol. The first kappa shape index (κ1) is 19.7. The van der Waals surface area contributed by atoms with Crippen LogP contribution in [0.1, 0.15) is 19.3 Å². The van der Waals surface area contributed by atoms with Gasteiger partial charge < -0.3 is 9.64 Å². The van der Waals surface area contributed by atoms with Crippen molar-refractivity contribution in [2.45, 2.75) is 25.3 Å². The van der Waals surface area contributed by atoms with Gasteiger partial charge in [0, 0.05) is 35.6 Å². The summed E-state index contributed by atoms with van der Waals surface area (Å²) in [6, 6.07) is 16.9. The normalized spacial score (nSPS) is 16.8. The summed E-state index contributed by atoms with van der Waals surface area (Å²) < 4.78 is 21.6. The summed E-state index contributed by atoms with van der Waals surface area (Å²) in [5.41, 5.74) is 4.58. The molecule has 1 atom stereocenters. The Balaban J connectivity index is 1.54. The van der Waals surface area contributed by atoms with Gasteiger partial charge in [-0.25, -0.2) is 4.39 Å². The Labute approximate surface area is 181 Å². The monoisotopic (exact) mass is 416 g/mol. The maximum atomic E-state index is 13.5. The molecule has 3 aromatic heterocycles. The van der Waals surface area contributed by atoms with Crippen molar-refractivity contribution in [1.29, 1.82) is 0 Å². The van der Waals surface area contributed by atoms with E-state index in [2.05, 4.69) is 16.9 Å². The quantitative estimate of drug-likeness (QED) is 0.440. The largest absolute Gasteiger partial charge is 0.478 e. The maximum absolute atomic E-state index is 13.5. The van der Waals surface area contributed by atoms with E-state index in [1.54, 1.807) is 24.5 Å². The molecular weight excluding hydrogens is 391 g/mol. The molecule has 5 nitrogen and oxygen atoms in total. The van der Waals surface area contributed by atoms with Crippen molar-refractivity contribution in [2.24, 2.45) is 0 Å². The molecule has 4 heterocycles. The second kappa shape index (κ2) is 8.47. The molecule has 4 aromatic rings. The van der Waals surface area contributed by atoms with E-state index in [-0.39, 0.29) is 5.82 Å². The minimum absolute atomic E-state index is 0.265. The number of halogens is 1. The van der Waals surface area contributed by atoms with E-state index in [9.17, 15) is 4.39 Å². The third-order valence-electron chi connectivity index (χ3n) is 6.08. The lowest BCUT2D eigenvalue weighted by atomic mass is 10.0. The van der Waals surface area contributed by atoms with Crippen LogP contribution in [0.25, 0.3) is 27.9 Å². The molecule has 1 unspecified atom stereocenters. The number of aromatic nitrogens is 3.